The molecule has 5 rings (SSSR count). The van der Waals surface area contributed by atoms with Crippen molar-refractivity contribution in [3.8, 4) is 0 Å². The summed E-state index contributed by atoms with van der Waals surface area (Å²) in [4.78, 5) is 37.9. The minimum Gasteiger partial charge on any atom is -0.443 e. The number of amides is 1. The number of carbonyl (C=O) groups excluding carboxylic acids is 1. The highest BCUT2D eigenvalue weighted by Crippen LogP contribution is 2.26. The van der Waals surface area contributed by atoms with Crippen LogP contribution < -0.4 is 15.8 Å². The lowest BCUT2D eigenvalue weighted by atomic mass is 10.1. The second kappa shape index (κ2) is 8.24. The van der Waals surface area contributed by atoms with Crippen LogP contribution in [-0.2, 0) is 6.54 Å². The van der Waals surface area contributed by atoms with Gasteiger partial charge < -0.3 is 19.6 Å². The number of benzene rings is 1. The van der Waals surface area contributed by atoms with Gasteiger partial charge in [-0.25, -0.2) is 14.4 Å². The Balaban J connectivity index is 1.31. The van der Waals surface area contributed by atoms with E-state index in [9.17, 15) is 14.0 Å². The first-order chi connectivity index (χ1) is 16.0. The van der Waals surface area contributed by atoms with Crippen LogP contribution in [0.15, 0.2) is 39.9 Å². The highest BCUT2D eigenvalue weighted by Gasteiger charge is 2.23. The average molecular weight is 454 g/mol. The lowest BCUT2D eigenvalue weighted by molar-refractivity contribution is 0.0957. The Kier molecular flexibility index (Phi) is 5.25. The predicted molar refractivity (Wildman–Crippen MR) is 117 cm³/mol. The van der Waals surface area contributed by atoms with Crippen LogP contribution in [0.25, 0.3) is 22.0 Å². The Hall–Kier alpha value is -3.86. The maximum atomic E-state index is 15.2. The maximum Gasteiger partial charge on any atom is 0.278 e. The first-order valence-electron chi connectivity index (χ1n) is 10.4. The Bertz CT molecular complexity index is 1430. The van der Waals surface area contributed by atoms with Gasteiger partial charge in [-0.15, -0.1) is 0 Å². The molecule has 0 saturated carbocycles. The molecule has 1 amide bonds. The number of aromatic amines is 1. The van der Waals surface area contributed by atoms with Gasteiger partial charge in [-0.05, 0) is 18.2 Å². The molecule has 0 radical (unpaired) electrons. The van der Waals surface area contributed by atoms with Crippen LogP contribution in [0.4, 0.5) is 14.5 Å². The molecule has 9 nitrogen and oxygen atoms in total. The number of anilines is 1. The highest BCUT2D eigenvalue weighted by atomic mass is 19.1. The fourth-order valence-corrected chi connectivity index (χ4v) is 4.13. The van der Waals surface area contributed by atoms with Gasteiger partial charge in [0.15, 0.2) is 23.3 Å². The van der Waals surface area contributed by atoms with Crippen molar-refractivity contribution in [1.82, 2.24) is 25.2 Å². The summed E-state index contributed by atoms with van der Waals surface area (Å²) in [7, 11) is 1.46. The van der Waals surface area contributed by atoms with Crippen molar-refractivity contribution in [3.63, 3.8) is 0 Å². The van der Waals surface area contributed by atoms with E-state index in [1.165, 1.54) is 13.1 Å². The molecule has 1 fully saturated rings. The summed E-state index contributed by atoms with van der Waals surface area (Å²) in [6.45, 7) is 2.52. The standard InChI is InChI=1S/C22H20F2N6O3/c1-25-21(31)14-4-5-15(20(24)27-14)30-8-6-29(7-9-30)10-12-2-3-13-17(16(12)23)28-22(32)18-19(13)33-11-26-18/h2-5,11H,6-10H2,1H3,(H,25,31)(H,28,32). The van der Waals surface area contributed by atoms with Gasteiger partial charge in [0, 0.05) is 50.7 Å². The number of piperazine rings is 1. The number of nitrogens with one attached hydrogen (secondary N) is 2. The lowest BCUT2D eigenvalue weighted by Crippen LogP contribution is -2.46. The lowest BCUT2D eigenvalue weighted by Gasteiger charge is -2.36. The molecule has 0 atom stereocenters. The molecule has 1 aromatic carbocycles. The maximum absolute atomic E-state index is 15.2. The number of H-pyrrole nitrogens is 1. The highest BCUT2D eigenvalue weighted by molar-refractivity contribution is 6.00. The number of hydrogen-bond acceptors (Lipinski definition) is 7. The van der Waals surface area contributed by atoms with Gasteiger partial charge in [0.25, 0.3) is 11.5 Å². The summed E-state index contributed by atoms with van der Waals surface area (Å²) in [6.07, 6.45) is 1.16. The molecule has 1 saturated heterocycles. The number of nitrogens with zero attached hydrogens (tertiary/aromatic N) is 4. The third kappa shape index (κ3) is 3.69. The van der Waals surface area contributed by atoms with Gasteiger partial charge in [0.05, 0.1) is 11.2 Å². The molecule has 3 aromatic heterocycles. The normalized spacial score (nSPS) is 14.8. The predicted octanol–water partition coefficient (Wildman–Crippen LogP) is 2.02. The number of aromatic nitrogens is 3. The van der Waals surface area contributed by atoms with Crippen LogP contribution in [0.2, 0.25) is 0 Å². The average Bonchev–Trinajstić information content (AvgIpc) is 3.32. The van der Waals surface area contributed by atoms with E-state index in [-0.39, 0.29) is 22.3 Å². The molecule has 0 aliphatic carbocycles. The summed E-state index contributed by atoms with van der Waals surface area (Å²) in [6, 6.07) is 6.42. The van der Waals surface area contributed by atoms with E-state index in [1.807, 2.05) is 4.90 Å². The van der Waals surface area contributed by atoms with Gasteiger partial charge in [0.2, 0.25) is 5.95 Å². The van der Waals surface area contributed by atoms with E-state index < -0.39 is 23.2 Å². The van der Waals surface area contributed by atoms with Crippen LogP contribution >= 0.6 is 0 Å². The molecule has 4 heterocycles. The van der Waals surface area contributed by atoms with Crippen LogP contribution in [0.1, 0.15) is 16.1 Å². The molecule has 0 spiro atoms. The van der Waals surface area contributed by atoms with E-state index >= 15 is 4.39 Å². The third-order valence-corrected chi connectivity index (χ3v) is 5.88. The number of oxazole rings is 1. The first-order valence-corrected chi connectivity index (χ1v) is 10.4. The van der Waals surface area contributed by atoms with E-state index in [0.717, 1.165) is 6.39 Å². The molecule has 170 valence electrons. The van der Waals surface area contributed by atoms with Crippen molar-refractivity contribution in [3.05, 3.63) is 64.0 Å². The van der Waals surface area contributed by atoms with Gasteiger partial charge in [-0.3, -0.25) is 14.5 Å². The largest absolute Gasteiger partial charge is 0.443 e. The van der Waals surface area contributed by atoms with Crippen LogP contribution in [0, 0.1) is 11.8 Å². The number of fused-ring (bicyclic) bond motifs is 3. The first kappa shape index (κ1) is 21.0. The Morgan fingerprint density at radius 3 is 2.70 bits per heavy atom. The van der Waals surface area contributed by atoms with Gasteiger partial charge in [-0.2, -0.15) is 4.39 Å². The third-order valence-electron chi connectivity index (χ3n) is 5.88. The second-order valence-electron chi connectivity index (χ2n) is 7.79. The minimum absolute atomic E-state index is 0.0183. The fourth-order valence-electron chi connectivity index (χ4n) is 4.13. The van der Waals surface area contributed by atoms with Crippen molar-refractivity contribution in [2.24, 2.45) is 0 Å². The van der Waals surface area contributed by atoms with E-state index in [0.29, 0.717) is 49.4 Å². The van der Waals surface area contributed by atoms with Gasteiger partial charge in [0.1, 0.15) is 5.69 Å². The molecule has 0 bridgehead atoms. The molecule has 2 N–H and O–H groups in total. The van der Waals surface area contributed by atoms with Crippen molar-refractivity contribution in [2.45, 2.75) is 6.54 Å². The van der Waals surface area contributed by atoms with Crippen LogP contribution in [0.5, 0.6) is 0 Å². The zero-order valence-electron chi connectivity index (χ0n) is 17.7. The van der Waals surface area contributed by atoms with Crippen LogP contribution in [0.3, 0.4) is 0 Å². The summed E-state index contributed by atoms with van der Waals surface area (Å²) < 4.78 is 34.9. The quantitative estimate of drug-likeness (QED) is 0.455. The Labute approximate surface area is 186 Å². The minimum atomic E-state index is -0.701. The molecule has 11 heteroatoms. The monoisotopic (exact) mass is 454 g/mol. The summed E-state index contributed by atoms with van der Waals surface area (Å²) >= 11 is 0. The van der Waals surface area contributed by atoms with Crippen molar-refractivity contribution in [1.29, 1.82) is 0 Å². The van der Waals surface area contributed by atoms with Gasteiger partial charge in [-0.1, -0.05) is 6.07 Å². The second-order valence-corrected chi connectivity index (χ2v) is 7.79. The molecule has 1 aliphatic heterocycles. The van der Waals surface area contributed by atoms with Crippen molar-refractivity contribution in [2.75, 3.05) is 38.1 Å². The molecule has 33 heavy (non-hydrogen) atoms. The zero-order valence-corrected chi connectivity index (χ0v) is 17.7. The number of halogens is 2. The smallest absolute Gasteiger partial charge is 0.278 e. The van der Waals surface area contributed by atoms with Gasteiger partial charge >= 0.3 is 0 Å². The van der Waals surface area contributed by atoms with E-state index in [1.54, 1.807) is 18.2 Å². The fraction of sp³-hybridized carbons (Fsp3) is 0.273. The molecule has 4 aromatic rings. The Morgan fingerprint density at radius 2 is 1.97 bits per heavy atom. The molecule has 0 unspecified atom stereocenters. The summed E-state index contributed by atoms with van der Waals surface area (Å²) in [5.41, 5.74) is 0.756. The van der Waals surface area contributed by atoms with Crippen LogP contribution in [-0.4, -0.2) is 59.0 Å². The molecule has 1 aliphatic rings. The topological polar surface area (TPSA) is 107 Å². The summed E-state index contributed by atoms with van der Waals surface area (Å²) in [5.74, 6) is -1.66. The number of hydrogen-bond donors (Lipinski definition) is 2. The van der Waals surface area contributed by atoms with E-state index in [2.05, 4.69) is 25.2 Å². The van der Waals surface area contributed by atoms with E-state index in [4.69, 9.17) is 4.42 Å². The Morgan fingerprint density at radius 1 is 1.18 bits per heavy atom. The number of pyridine rings is 2. The summed E-state index contributed by atoms with van der Waals surface area (Å²) in [5, 5.41) is 2.87. The van der Waals surface area contributed by atoms with Crippen molar-refractivity contribution >= 4 is 33.6 Å². The number of rotatable bonds is 4. The molecular formula is C22H20F2N6O3. The zero-order chi connectivity index (χ0) is 23.1. The number of carbonyl (C=O) groups is 1. The SMILES string of the molecule is CNC(=O)c1ccc(N2CCN(Cc3ccc4c([nH]c(=O)c5ncoc54)c3F)CC2)c(F)n1. The van der Waals surface area contributed by atoms with Crippen molar-refractivity contribution < 1.29 is 18.0 Å². The molecular weight excluding hydrogens is 434 g/mol.